The average molecular weight is 321 g/mol. The van der Waals surface area contributed by atoms with E-state index in [1.165, 1.54) is 6.07 Å². The molecule has 0 saturated carbocycles. The van der Waals surface area contributed by atoms with Crippen molar-refractivity contribution in [1.82, 2.24) is 4.98 Å². The molecule has 3 rings (SSSR count). The number of rotatable bonds is 3. The fraction of sp³-hybridized carbons (Fsp3) is 0.0667. The van der Waals surface area contributed by atoms with Gasteiger partial charge in [0.25, 0.3) is 10.0 Å². The number of anilines is 1. The third-order valence-electron chi connectivity index (χ3n) is 3.28. The summed E-state index contributed by atoms with van der Waals surface area (Å²) in [5, 5.41) is 1.21. The third kappa shape index (κ3) is 2.62. The Morgan fingerprint density at radius 2 is 1.95 bits per heavy atom. The van der Waals surface area contributed by atoms with Gasteiger partial charge in [-0.3, -0.25) is 4.72 Å². The number of aromatic nitrogens is 1. The predicted molar refractivity (Wildman–Crippen MR) is 85.3 cm³/mol. The van der Waals surface area contributed by atoms with E-state index in [-0.39, 0.29) is 4.90 Å². The quantitative estimate of drug-likeness (QED) is 0.768. The minimum Gasteiger partial charge on any atom is -0.361 e. The summed E-state index contributed by atoms with van der Waals surface area (Å²) in [4.78, 5) is 3.23. The van der Waals surface area contributed by atoms with E-state index in [4.69, 9.17) is 11.6 Å². The van der Waals surface area contributed by atoms with Gasteiger partial charge < -0.3 is 4.98 Å². The molecule has 6 heteroatoms. The topological polar surface area (TPSA) is 62.0 Å². The van der Waals surface area contributed by atoms with Gasteiger partial charge in [0.2, 0.25) is 0 Å². The summed E-state index contributed by atoms with van der Waals surface area (Å²) in [5.41, 5.74) is 2.05. The fourth-order valence-corrected chi connectivity index (χ4v) is 3.83. The Balaban J connectivity index is 2.08. The molecule has 0 unspecified atom stereocenters. The zero-order chi connectivity index (χ0) is 15.0. The molecule has 0 fully saturated rings. The van der Waals surface area contributed by atoms with Crippen LogP contribution in [-0.4, -0.2) is 13.4 Å². The van der Waals surface area contributed by atoms with Crippen molar-refractivity contribution >= 4 is 38.2 Å². The molecule has 0 aliphatic carbocycles. The van der Waals surface area contributed by atoms with Crippen molar-refractivity contribution in [3.05, 3.63) is 59.2 Å². The highest BCUT2D eigenvalue weighted by Gasteiger charge is 2.18. The summed E-state index contributed by atoms with van der Waals surface area (Å²) < 4.78 is 27.7. The second-order valence-electron chi connectivity index (χ2n) is 4.76. The van der Waals surface area contributed by atoms with Crippen molar-refractivity contribution in [1.29, 1.82) is 0 Å². The molecule has 3 aromatic rings. The number of nitrogens with one attached hydrogen (secondary N) is 2. The molecule has 21 heavy (non-hydrogen) atoms. The number of hydrogen-bond donors (Lipinski definition) is 2. The molecule has 108 valence electrons. The van der Waals surface area contributed by atoms with Gasteiger partial charge in [-0.15, -0.1) is 0 Å². The second-order valence-corrected chi connectivity index (χ2v) is 6.85. The van der Waals surface area contributed by atoms with Crippen LogP contribution in [0.2, 0.25) is 5.02 Å². The Bertz CT molecular complexity index is 916. The molecule has 0 bridgehead atoms. The van der Waals surface area contributed by atoms with E-state index in [1.807, 2.05) is 12.1 Å². The van der Waals surface area contributed by atoms with Gasteiger partial charge in [-0.25, -0.2) is 8.42 Å². The minimum atomic E-state index is -3.68. The number of sulfonamides is 1. The highest BCUT2D eigenvalue weighted by Crippen LogP contribution is 2.27. The van der Waals surface area contributed by atoms with Crippen LogP contribution in [0.4, 0.5) is 5.69 Å². The van der Waals surface area contributed by atoms with Gasteiger partial charge in [0, 0.05) is 22.1 Å². The van der Waals surface area contributed by atoms with Gasteiger partial charge in [0.15, 0.2) is 0 Å². The molecule has 0 spiro atoms. The van der Waals surface area contributed by atoms with Gasteiger partial charge in [0.1, 0.15) is 0 Å². The minimum absolute atomic E-state index is 0.183. The van der Waals surface area contributed by atoms with Crippen molar-refractivity contribution in [2.24, 2.45) is 0 Å². The van der Waals surface area contributed by atoms with Crippen molar-refractivity contribution in [2.75, 3.05) is 4.72 Å². The Labute approximate surface area is 127 Å². The number of aryl methyl sites for hydroxylation is 1. The lowest BCUT2D eigenvalue weighted by molar-refractivity contribution is 0.600. The Morgan fingerprint density at radius 3 is 2.76 bits per heavy atom. The smallest absolute Gasteiger partial charge is 0.262 e. The van der Waals surface area contributed by atoms with Crippen LogP contribution in [0.3, 0.4) is 0 Å². The third-order valence-corrected chi connectivity index (χ3v) is 5.02. The summed E-state index contributed by atoms with van der Waals surface area (Å²) in [6.07, 6.45) is 1.77. The molecule has 2 N–H and O–H groups in total. The van der Waals surface area contributed by atoms with Gasteiger partial charge in [-0.1, -0.05) is 23.7 Å². The number of halogens is 1. The first-order valence-electron chi connectivity index (χ1n) is 6.32. The van der Waals surface area contributed by atoms with Crippen LogP contribution >= 0.6 is 11.6 Å². The summed E-state index contributed by atoms with van der Waals surface area (Å²) in [7, 11) is -3.68. The van der Waals surface area contributed by atoms with E-state index in [0.717, 1.165) is 10.9 Å². The lowest BCUT2D eigenvalue weighted by Gasteiger charge is -2.11. The monoisotopic (exact) mass is 320 g/mol. The van der Waals surface area contributed by atoms with Crippen molar-refractivity contribution in [3.63, 3.8) is 0 Å². The molecule has 4 nitrogen and oxygen atoms in total. The first-order chi connectivity index (χ1) is 9.97. The first kappa shape index (κ1) is 14.0. The highest BCUT2D eigenvalue weighted by molar-refractivity contribution is 7.92. The lowest BCUT2D eigenvalue weighted by atomic mass is 10.2. The lowest BCUT2D eigenvalue weighted by Crippen LogP contribution is -2.14. The van der Waals surface area contributed by atoms with E-state index < -0.39 is 10.0 Å². The summed E-state index contributed by atoms with van der Waals surface area (Å²) >= 11 is 5.91. The molecule has 0 saturated heterocycles. The molecule has 1 aromatic heterocycles. The second kappa shape index (κ2) is 5.09. The van der Waals surface area contributed by atoms with E-state index >= 15 is 0 Å². The zero-order valence-electron chi connectivity index (χ0n) is 11.2. The summed E-state index contributed by atoms with van der Waals surface area (Å²) in [5.74, 6) is 0. The molecule has 0 aliphatic heterocycles. The molecule has 0 radical (unpaired) electrons. The average Bonchev–Trinajstić information content (AvgIpc) is 2.90. The van der Waals surface area contributed by atoms with E-state index in [1.54, 1.807) is 37.4 Å². The predicted octanol–water partition coefficient (Wildman–Crippen LogP) is 3.93. The van der Waals surface area contributed by atoms with Crippen LogP contribution in [-0.2, 0) is 10.0 Å². The fourth-order valence-electron chi connectivity index (χ4n) is 2.24. The van der Waals surface area contributed by atoms with Gasteiger partial charge in [-0.05, 0) is 42.8 Å². The Morgan fingerprint density at radius 1 is 1.14 bits per heavy atom. The van der Waals surface area contributed by atoms with Crippen LogP contribution in [0.25, 0.3) is 10.9 Å². The van der Waals surface area contributed by atoms with E-state index in [0.29, 0.717) is 16.3 Å². The maximum Gasteiger partial charge on any atom is 0.262 e. The highest BCUT2D eigenvalue weighted by atomic mass is 35.5. The number of benzene rings is 2. The van der Waals surface area contributed by atoms with Gasteiger partial charge in [-0.2, -0.15) is 0 Å². The van der Waals surface area contributed by atoms with E-state index in [2.05, 4.69) is 9.71 Å². The van der Waals surface area contributed by atoms with Gasteiger partial charge >= 0.3 is 0 Å². The SMILES string of the molecule is Cc1ccc(Cl)cc1S(=O)(=O)Nc1cccc2[nH]ccc12. The van der Waals surface area contributed by atoms with Crippen LogP contribution in [0.15, 0.2) is 53.6 Å². The van der Waals surface area contributed by atoms with Crippen LogP contribution in [0.1, 0.15) is 5.56 Å². The Kier molecular flexibility index (Phi) is 3.39. The van der Waals surface area contributed by atoms with Crippen LogP contribution < -0.4 is 4.72 Å². The first-order valence-corrected chi connectivity index (χ1v) is 8.18. The van der Waals surface area contributed by atoms with Crippen LogP contribution in [0, 0.1) is 6.92 Å². The molecule has 2 aromatic carbocycles. The van der Waals surface area contributed by atoms with Crippen molar-refractivity contribution < 1.29 is 8.42 Å². The zero-order valence-corrected chi connectivity index (χ0v) is 12.8. The molecule has 0 atom stereocenters. The molecule has 1 heterocycles. The van der Waals surface area contributed by atoms with Gasteiger partial charge in [0.05, 0.1) is 10.6 Å². The van der Waals surface area contributed by atoms with Crippen molar-refractivity contribution in [3.8, 4) is 0 Å². The standard InChI is InChI=1S/C15H13ClN2O2S/c1-10-5-6-11(16)9-15(10)21(19,20)18-14-4-2-3-13-12(14)7-8-17-13/h2-9,17-18H,1H3. The maximum absolute atomic E-state index is 12.6. The molecular weight excluding hydrogens is 308 g/mol. The van der Waals surface area contributed by atoms with E-state index in [9.17, 15) is 8.42 Å². The maximum atomic E-state index is 12.6. The normalized spacial score (nSPS) is 11.7. The molecule has 0 aliphatic rings. The van der Waals surface area contributed by atoms with Crippen LogP contribution in [0.5, 0.6) is 0 Å². The summed E-state index contributed by atoms with van der Waals surface area (Å²) in [6, 6.07) is 12.1. The number of H-pyrrole nitrogens is 1. The number of fused-ring (bicyclic) bond motifs is 1. The number of hydrogen-bond acceptors (Lipinski definition) is 2. The molecule has 0 amide bonds. The Hall–Kier alpha value is -1.98. The van der Waals surface area contributed by atoms with Crippen molar-refractivity contribution in [2.45, 2.75) is 11.8 Å². The largest absolute Gasteiger partial charge is 0.361 e. The number of aromatic amines is 1. The molecular formula is C15H13ClN2O2S. The summed E-state index contributed by atoms with van der Waals surface area (Å²) in [6.45, 7) is 1.74.